The lowest BCUT2D eigenvalue weighted by molar-refractivity contribution is 0.272. The molecule has 0 spiro atoms. The third kappa shape index (κ3) is 3.53. The van der Waals surface area contributed by atoms with Crippen LogP contribution in [0.5, 0.6) is 0 Å². The van der Waals surface area contributed by atoms with Gasteiger partial charge in [-0.2, -0.15) is 0 Å². The van der Waals surface area contributed by atoms with Crippen molar-refractivity contribution >= 4 is 29.8 Å². The van der Waals surface area contributed by atoms with Gasteiger partial charge in [0.2, 0.25) is 0 Å². The first kappa shape index (κ1) is 16.8. The fourth-order valence-corrected chi connectivity index (χ4v) is 2.70. The van der Waals surface area contributed by atoms with Crippen LogP contribution in [-0.2, 0) is 11.3 Å². The van der Waals surface area contributed by atoms with Crippen molar-refractivity contribution in [3.05, 3.63) is 41.6 Å². The summed E-state index contributed by atoms with van der Waals surface area (Å²) < 4.78 is 5.21. The van der Waals surface area contributed by atoms with Crippen LogP contribution in [-0.4, -0.2) is 34.9 Å². The highest BCUT2D eigenvalue weighted by Crippen LogP contribution is 2.23. The summed E-state index contributed by atoms with van der Waals surface area (Å²) in [4.78, 5) is 4.41. The lowest BCUT2D eigenvalue weighted by atomic mass is 9.79. The molecule has 0 aliphatic carbocycles. The Morgan fingerprint density at radius 2 is 2.21 bits per heavy atom. The highest BCUT2D eigenvalue weighted by atomic mass is 16.5. The van der Waals surface area contributed by atoms with E-state index in [9.17, 15) is 10.1 Å². The lowest BCUT2D eigenvalue weighted by Gasteiger charge is -2.18. The minimum absolute atomic E-state index is 0.0255. The molecule has 3 rings (SSSR count). The first-order valence-electron chi connectivity index (χ1n) is 8.14. The van der Waals surface area contributed by atoms with Crippen LogP contribution in [0.4, 0.5) is 17.2 Å². The number of pyridine rings is 1. The maximum absolute atomic E-state index is 9.68. The quantitative estimate of drug-likeness (QED) is 0.602. The van der Waals surface area contributed by atoms with Gasteiger partial charge >= 0.3 is 7.12 Å². The monoisotopic (exact) mass is 327 g/mol. The Balaban J connectivity index is 1.78. The molecule has 0 radical (unpaired) electrons. The van der Waals surface area contributed by atoms with Gasteiger partial charge in [-0.15, -0.1) is 0 Å². The minimum atomic E-state index is -0.827. The van der Waals surface area contributed by atoms with Crippen LogP contribution in [0.25, 0.3) is 0 Å². The van der Waals surface area contributed by atoms with Gasteiger partial charge < -0.3 is 25.4 Å². The van der Waals surface area contributed by atoms with E-state index in [4.69, 9.17) is 4.65 Å². The van der Waals surface area contributed by atoms with Gasteiger partial charge in [0, 0.05) is 29.7 Å². The summed E-state index contributed by atoms with van der Waals surface area (Å²) in [6.07, 6.45) is 2.64. The Kier molecular flexibility index (Phi) is 5.04. The largest absolute Gasteiger partial charge is 0.491 e. The number of aliphatic hydroxyl groups is 1. The van der Waals surface area contributed by atoms with Crippen LogP contribution in [0.3, 0.4) is 0 Å². The molecule has 24 heavy (non-hydrogen) atoms. The molecule has 0 saturated heterocycles. The predicted molar refractivity (Wildman–Crippen MR) is 95.9 cm³/mol. The van der Waals surface area contributed by atoms with Gasteiger partial charge in [-0.25, -0.2) is 4.98 Å². The number of hydrogen-bond acceptors (Lipinski definition) is 6. The molecule has 6 nitrogen and oxygen atoms in total. The molecule has 1 unspecified atom stereocenters. The van der Waals surface area contributed by atoms with Gasteiger partial charge in [-0.1, -0.05) is 13.0 Å². The first-order valence-corrected chi connectivity index (χ1v) is 8.14. The third-order valence-electron chi connectivity index (χ3n) is 4.25. The van der Waals surface area contributed by atoms with E-state index in [1.165, 1.54) is 0 Å². The van der Waals surface area contributed by atoms with Crippen molar-refractivity contribution in [1.82, 2.24) is 4.98 Å². The van der Waals surface area contributed by atoms with E-state index in [2.05, 4.69) is 15.6 Å². The molecule has 7 heteroatoms. The Labute approximate surface area is 142 Å². The Bertz CT molecular complexity index is 722. The van der Waals surface area contributed by atoms with Crippen molar-refractivity contribution in [2.24, 2.45) is 0 Å². The molecule has 1 atom stereocenters. The van der Waals surface area contributed by atoms with Crippen molar-refractivity contribution in [3.8, 4) is 0 Å². The molecule has 126 valence electrons. The van der Waals surface area contributed by atoms with E-state index in [0.717, 1.165) is 40.2 Å². The number of anilines is 3. The summed E-state index contributed by atoms with van der Waals surface area (Å²) >= 11 is 0. The molecule has 0 bridgehead atoms. The Hall–Kier alpha value is -2.09. The lowest BCUT2D eigenvalue weighted by Crippen LogP contribution is -2.27. The van der Waals surface area contributed by atoms with Crippen molar-refractivity contribution in [2.75, 3.05) is 17.2 Å². The smallest absolute Gasteiger partial charge is 0.423 e. The number of nitrogens with one attached hydrogen (secondary N) is 2. The molecular weight excluding hydrogens is 305 g/mol. The maximum Gasteiger partial charge on any atom is 0.491 e. The van der Waals surface area contributed by atoms with Crippen LogP contribution in [0.15, 0.2) is 30.5 Å². The molecule has 1 aromatic carbocycles. The fraction of sp³-hybridized carbons (Fsp3) is 0.353. The predicted octanol–water partition coefficient (Wildman–Crippen LogP) is 1.53. The van der Waals surface area contributed by atoms with Crippen LogP contribution in [0, 0.1) is 6.92 Å². The second-order valence-corrected chi connectivity index (χ2v) is 6.02. The average Bonchev–Trinajstić information content (AvgIpc) is 2.96. The summed E-state index contributed by atoms with van der Waals surface area (Å²) in [6.45, 7) is 4.52. The number of fused-ring (bicyclic) bond motifs is 1. The number of aliphatic hydroxyl groups excluding tert-OH is 1. The minimum Gasteiger partial charge on any atom is -0.423 e. The molecule has 2 aromatic rings. The SMILES string of the molecule is CCC(CO)Nc1cc(Nc2ccc3c(c2)COB3O)ncc1C. The number of nitrogens with zero attached hydrogens (tertiary/aromatic N) is 1. The van der Waals surface area contributed by atoms with Gasteiger partial charge in [-0.05, 0) is 42.1 Å². The summed E-state index contributed by atoms with van der Waals surface area (Å²) in [6, 6.07) is 7.68. The summed E-state index contributed by atoms with van der Waals surface area (Å²) in [5, 5.41) is 25.7. The topological polar surface area (TPSA) is 86.6 Å². The molecule has 0 amide bonds. The van der Waals surface area contributed by atoms with Gasteiger partial charge in [0.05, 0.1) is 13.2 Å². The van der Waals surface area contributed by atoms with Gasteiger partial charge in [-0.3, -0.25) is 0 Å². The van der Waals surface area contributed by atoms with Crippen molar-refractivity contribution < 1.29 is 14.8 Å². The Morgan fingerprint density at radius 3 is 2.96 bits per heavy atom. The number of rotatable bonds is 6. The standard InChI is InChI=1S/C17H22BN3O3/c1-3-13(9-22)20-16-7-17(19-8-11(16)2)21-14-4-5-15-12(6-14)10-24-18(15)23/h4-8,13,22-23H,3,9-10H2,1-2H3,(H2,19,20,21). The molecular formula is C17H22BN3O3. The zero-order valence-corrected chi connectivity index (χ0v) is 13.9. The summed E-state index contributed by atoms with van der Waals surface area (Å²) in [7, 11) is -0.827. The van der Waals surface area contributed by atoms with Crippen LogP contribution in [0.2, 0.25) is 0 Å². The van der Waals surface area contributed by atoms with E-state index < -0.39 is 7.12 Å². The third-order valence-corrected chi connectivity index (χ3v) is 4.25. The molecule has 4 N–H and O–H groups in total. The highest BCUT2D eigenvalue weighted by molar-refractivity contribution is 6.61. The molecule has 0 saturated carbocycles. The van der Waals surface area contributed by atoms with Crippen LogP contribution in [0.1, 0.15) is 24.5 Å². The van der Waals surface area contributed by atoms with Gasteiger partial charge in [0.25, 0.3) is 0 Å². The van der Waals surface area contributed by atoms with Crippen molar-refractivity contribution in [1.29, 1.82) is 0 Å². The molecule has 2 heterocycles. The Morgan fingerprint density at radius 1 is 1.38 bits per heavy atom. The number of hydrogen-bond donors (Lipinski definition) is 4. The number of benzene rings is 1. The fourth-order valence-electron chi connectivity index (χ4n) is 2.70. The van der Waals surface area contributed by atoms with E-state index in [0.29, 0.717) is 6.61 Å². The molecule has 0 fully saturated rings. The van der Waals surface area contributed by atoms with E-state index in [1.807, 2.05) is 38.1 Å². The van der Waals surface area contributed by atoms with Crippen molar-refractivity contribution in [3.63, 3.8) is 0 Å². The average molecular weight is 327 g/mol. The van der Waals surface area contributed by atoms with E-state index >= 15 is 0 Å². The summed E-state index contributed by atoms with van der Waals surface area (Å²) in [5.41, 5.74) is 4.66. The van der Waals surface area contributed by atoms with Crippen LogP contribution >= 0.6 is 0 Å². The number of aryl methyl sites for hydroxylation is 1. The molecule has 1 aliphatic heterocycles. The maximum atomic E-state index is 9.68. The number of aromatic nitrogens is 1. The highest BCUT2D eigenvalue weighted by Gasteiger charge is 2.27. The molecule has 1 aliphatic rings. The zero-order chi connectivity index (χ0) is 17.1. The second kappa shape index (κ2) is 7.21. The van der Waals surface area contributed by atoms with Crippen molar-refractivity contribution in [2.45, 2.75) is 32.9 Å². The first-order chi connectivity index (χ1) is 11.6. The zero-order valence-electron chi connectivity index (χ0n) is 13.9. The van der Waals surface area contributed by atoms with Crippen LogP contribution < -0.4 is 16.1 Å². The van der Waals surface area contributed by atoms with E-state index in [1.54, 1.807) is 6.20 Å². The summed E-state index contributed by atoms with van der Waals surface area (Å²) in [5.74, 6) is 0.718. The molecule has 1 aromatic heterocycles. The normalized spacial score (nSPS) is 14.4. The van der Waals surface area contributed by atoms with Gasteiger partial charge in [0.15, 0.2) is 0 Å². The second-order valence-electron chi connectivity index (χ2n) is 6.02. The van der Waals surface area contributed by atoms with Gasteiger partial charge in [0.1, 0.15) is 5.82 Å². The van der Waals surface area contributed by atoms with E-state index in [-0.39, 0.29) is 12.6 Å².